The first-order valence-corrected chi connectivity index (χ1v) is 14.2. The lowest BCUT2D eigenvalue weighted by Crippen LogP contribution is -2.24. The average Bonchev–Trinajstić information content (AvgIpc) is 3.68. The van der Waals surface area contributed by atoms with Crippen molar-refractivity contribution >= 4 is 22.7 Å². The highest BCUT2D eigenvalue weighted by molar-refractivity contribution is 5.88. The Balaban J connectivity index is 1.24. The second kappa shape index (κ2) is 10.7. The van der Waals surface area contributed by atoms with Crippen LogP contribution in [0, 0.1) is 11.8 Å². The van der Waals surface area contributed by atoms with Crippen molar-refractivity contribution in [1.82, 2.24) is 24.8 Å². The maximum atomic E-state index is 14.0. The zero-order chi connectivity index (χ0) is 26.9. The van der Waals surface area contributed by atoms with Gasteiger partial charge in [-0.05, 0) is 103 Å². The van der Waals surface area contributed by atoms with Crippen LogP contribution in [-0.2, 0) is 13.0 Å². The largest absolute Gasteiger partial charge is 0.324 e. The van der Waals surface area contributed by atoms with Gasteiger partial charge in [0.25, 0.3) is 5.56 Å². The van der Waals surface area contributed by atoms with E-state index in [2.05, 4.69) is 50.9 Å². The summed E-state index contributed by atoms with van der Waals surface area (Å²) in [5, 5.41) is 7.65. The van der Waals surface area contributed by atoms with E-state index in [4.69, 9.17) is 4.98 Å². The quantitative estimate of drug-likeness (QED) is 0.264. The van der Waals surface area contributed by atoms with Crippen molar-refractivity contribution in [2.75, 3.05) is 18.4 Å². The van der Waals surface area contributed by atoms with Crippen LogP contribution in [-0.4, -0.2) is 32.6 Å². The summed E-state index contributed by atoms with van der Waals surface area (Å²) in [7, 11) is 0. The van der Waals surface area contributed by atoms with Crippen LogP contribution in [0.15, 0.2) is 90.1 Å². The molecule has 40 heavy (non-hydrogen) atoms. The standard InChI is InChI=1S/C33H32N6O/c40-32-30(29-4-2-1-3-28(29)25-12-15-34-16-13-25)18-26-20-36-33(38-31(26)39(32)21-23-5-6-23)37-27-9-7-22(8-10-27)17-24-11-14-35-19-24/h1-4,7-10,12-13,15-16,18,20,23-24,35H,5-6,11,14,17,19,21H2,(H,36,37,38). The minimum absolute atomic E-state index is 0.0173. The van der Waals surface area contributed by atoms with Crippen LogP contribution in [0.2, 0.25) is 0 Å². The number of nitrogens with one attached hydrogen (secondary N) is 2. The van der Waals surface area contributed by atoms with E-state index in [1.165, 1.54) is 12.0 Å². The first-order chi connectivity index (χ1) is 19.7. The topological polar surface area (TPSA) is 84.7 Å². The summed E-state index contributed by atoms with van der Waals surface area (Å²) in [6, 6.07) is 22.5. The van der Waals surface area contributed by atoms with E-state index in [0.717, 1.165) is 60.1 Å². The number of hydrogen-bond donors (Lipinski definition) is 2. The van der Waals surface area contributed by atoms with Crippen LogP contribution in [0.1, 0.15) is 24.8 Å². The predicted octanol–water partition coefficient (Wildman–Crippen LogP) is 5.83. The molecule has 7 heteroatoms. The fourth-order valence-corrected chi connectivity index (χ4v) is 5.72. The summed E-state index contributed by atoms with van der Waals surface area (Å²) in [5.41, 5.74) is 6.54. The molecule has 7 rings (SSSR count). The lowest BCUT2D eigenvalue weighted by atomic mass is 9.95. The molecule has 1 saturated heterocycles. The molecule has 0 amide bonds. The van der Waals surface area contributed by atoms with Crippen molar-refractivity contribution < 1.29 is 0 Å². The van der Waals surface area contributed by atoms with E-state index in [0.29, 0.717) is 35.5 Å². The van der Waals surface area contributed by atoms with E-state index in [9.17, 15) is 4.79 Å². The SMILES string of the molecule is O=c1c(-c2ccccc2-c2ccncc2)cc2cnc(Nc3ccc(CC4CCNC4)cc3)nc2n1CC1CC1. The van der Waals surface area contributed by atoms with Crippen LogP contribution in [0.5, 0.6) is 0 Å². The molecule has 2 aromatic carbocycles. The minimum Gasteiger partial charge on any atom is -0.324 e. The molecule has 1 unspecified atom stereocenters. The van der Waals surface area contributed by atoms with Gasteiger partial charge in [-0.15, -0.1) is 0 Å². The van der Waals surface area contributed by atoms with Crippen LogP contribution in [0.3, 0.4) is 0 Å². The highest BCUT2D eigenvalue weighted by Gasteiger charge is 2.25. The van der Waals surface area contributed by atoms with Gasteiger partial charge in [-0.3, -0.25) is 14.3 Å². The average molecular weight is 529 g/mol. The van der Waals surface area contributed by atoms with Gasteiger partial charge in [-0.25, -0.2) is 4.98 Å². The summed E-state index contributed by atoms with van der Waals surface area (Å²) in [4.78, 5) is 27.7. The van der Waals surface area contributed by atoms with Crippen molar-refractivity contribution in [1.29, 1.82) is 0 Å². The van der Waals surface area contributed by atoms with Gasteiger partial charge in [0.15, 0.2) is 0 Å². The van der Waals surface area contributed by atoms with Crippen molar-refractivity contribution in [2.45, 2.75) is 32.2 Å². The molecule has 0 spiro atoms. The minimum atomic E-state index is -0.0173. The Hall–Kier alpha value is -4.36. The number of aromatic nitrogens is 4. The Morgan fingerprint density at radius 1 is 0.900 bits per heavy atom. The van der Waals surface area contributed by atoms with Crippen molar-refractivity contribution in [3.05, 3.63) is 101 Å². The lowest BCUT2D eigenvalue weighted by Gasteiger charge is -2.15. The van der Waals surface area contributed by atoms with Crippen LogP contribution >= 0.6 is 0 Å². The smallest absolute Gasteiger partial charge is 0.260 e. The third-order valence-electron chi connectivity index (χ3n) is 8.07. The fraction of sp³-hybridized carbons (Fsp3) is 0.273. The van der Waals surface area contributed by atoms with E-state index in [1.54, 1.807) is 12.4 Å². The molecule has 1 saturated carbocycles. The monoisotopic (exact) mass is 528 g/mol. The second-order valence-electron chi connectivity index (χ2n) is 11.1. The maximum Gasteiger partial charge on any atom is 0.260 e. The van der Waals surface area contributed by atoms with E-state index in [1.807, 2.05) is 47.2 Å². The first kappa shape index (κ1) is 24.7. The van der Waals surface area contributed by atoms with Crippen molar-refractivity contribution in [3.8, 4) is 22.3 Å². The molecule has 3 aromatic heterocycles. The molecule has 2 N–H and O–H groups in total. The maximum absolute atomic E-state index is 14.0. The Bertz CT molecular complexity index is 1700. The van der Waals surface area contributed by atoms with Crippen LogP contribution in [0.4, 0.5) is 11.6 Å². The Labute approximate surface area is 233 Å². The van der Waals surface area contributed by atoms with Crippen LogP contribution in [0.25, 0.3) is 33.3 Å². The zero-order valence-corrected chi connectivity index (χ0v) is 22.4. The van der Waals surface area contributed by atoms with Crippen molar-refractivity contribution in [3.63, 3.8) is 0 Å². The molecule has 2 fully saturated rings. The molecule has 7 nitrogen and oxygen atoms in total. The number of fused-ring (bicyclic) bond motifs is 1. The molecule has 5 aromatic rings. The molecule has 1 aliphatic carbocycles. The molecular formula is C33H32N6O. The third-order valence-corrected chi connectivity index (χ3v) is 8.07. The van der Waals surface area contributed by atoms with Gasteiger partial charge < -0.3 is 10.6 Å². The van der Waals surface area contributed by atoms with Crippen molar-refractivity contribution in [2.24, 2.45) is 11.8 Å². The highest BCUT2D eigenvalue weighted by Crippen LogP contribution is 2.34. The number of pyridine rings is 2. The molecule has 4 heterocycles. The summed E-state index contributed by atoms with van der Waals surface area (Å²) in [6.07, 6.45) is 10.0. The first-order valence-electron chi connectivity index (χ1n) is 14.2. The van der Waals surface area contributed by atoms with Gasteiger partial charge in [-0.1, -0.05) is 36.4 Å². The number of benzene rings is 2. The molecule has 1 aliphatic heterocycles. The van der Waals surface area contributed by atoms with E-state index in [-0.39, 0.29) is 5.56 Å². The Kier molecular flexibility index (Phi) is 6.57. The van der Waals surface area contributed by atoms with Gasteiger partial charge >= 0.3 is 0 Å². The van der Waals surface area contributed by atoms with Gasteiger partial charge in [0.1, 0.15) is 5.65 Å². The summed E-state index contributed by atoms with van der Waals surface area (Å²) in [6.45, 7) is 2.89. The molecule has 2 aliphatic rings. The molecule has 0 radical (unpaired) electrons. The Morgan fingerprint density at radius 3 is 2.45 bits per heavy atom. The number of hydrogen-bond acceptors (Lipinski definition) is 6. The molecule has 200 valence electrons. The number of rotatable bonds is 8. The highest BCUT2D eigenvalue weighted by atomic mass is 16.1. The Morgan fingerprint density at radius 2 is 1.70 bits per heavy atom. The summed E-state index contributed by atoms with van der Waals surface area (Å²) in [5.74, 6) is 1.72. The third kappa shape index (κ3) is 5.12. The molecular weight excluding hydrogens is 496 g/mol. The predicted molar refractivity (Wildman–Crippen MR) is 160 cm³/mol. The fourth-order valence-electron chi connectivity index (χ4n) is 5.72. The molecule has 1 atom stereocenters. The van der Waals surface area contributed by atoms with Crippen LogP contribution < -0.4 is 16.2 Å². The molecule has 0 bridgehead atoms. The summed E-state index contributed by atoms with van der Waals surface area (Å²) >= 11 is 0. The second-order valence-corrected chi connectivity index (χ2v) is 11.1. The number of anilines is 2. The van der Waals surface area contributed by atoms with Gasteiger partial charge in [0, 0.05) is 41.8 Å². The zero-order valence-electron chi connectivity index (χ0n) is 22.4. The van der Waals surface area contributed by atoms with Gasteiger partial charge in [-0.2, -0.15) is 4.98 Å². The van der Waals surface area contributed by atoms with E-state index < -0.39 is 0 Å². The van der Waals surface area contributed by atoms with Gasteiger partial charge in [0.2, 0.25) is 5.95 Å². The van der Waals surface area contributed by atoms with E-state index >= 15 is 0 Å². The normalized spacial score (nSPS) is 16.9. The lowest BCUT2D eigenvalue weighted by molar-refractivity contribution is 0.580. The van der Waals surface area contributed by atoms with Gasteiger partial charge in [0.05, 0.1) is 0 Å². The summed E-state index contributed by atoms with van der Waals surface area (Å²) < 4.78 is 1.86. The number of nitrogens with zero attached hydrogens (tertiary/aromatic N) is 4.